The molecule has 2 rings (SSSR count). The lowest BCUT2D eigenvalue weighted by atomic mass is 10.1. The van der Waals surface area contributed by atoms with Crippen LogP contribution < -0.4 is 10.5 Å². The molecular formula is C18H24N2O. The van der Waals surface area contributed by atoms with Crippen LogP contribution in [0.4, 0.5) is 5.69 Å². The summed E-state index contributed by atoms with van der Waals surface area (Å²) in [5, 5.41) is 0. The summed E-state index contributed by atoms with van der Waals surface area (Å²) in [6, 6.07) is 14.6. The number of benzene rings is 2. The minimum atomic E-state index is 0.696. The van der Waals surface area contributed by atoms with E-state index in [1.54, 1.807) is 7.11 Å². The van der Waals surface area contributed by atoms with Gasteiger partial charge in [0, 0.05) is 13.1 Å². The molecule has 0 bridgehead atoms. The fourth-order valence-electron chi connectivity index (χ4n) is 2.45. The normalized spacial score (nSPS) is 10.9. The van der Waals surface area contributed by atoms with Gasteiger partial charge >= 0.3 is 0 Å². The summed E-state index contributed by atoms with van der Waals surface area (Å²) in [5.41, 5.74) is 10.6. The molecule has 21 heavy (non-hydrogen) atoms. The maximum atomic E-state index is 5.98. The molecular weight excluding hydrogens is 260 g/mol. The second-order valence-electron chi connectivity index (χ2n) is 5.31. The fourth-order valence-corrected chi connectivity index (χ4v) is 2.45. The van der Waals surface area contributed by atoms with Gasteiger partial charge < -0.3 is 10.5 Å². The highest BCUT2D eigenvalue weighted by Gasteiger charge is 2.08. The highest BCUT2D eigenvalue weighted by Crippen LogP contribution is 2.23. The number of nitrogen functional groups attached to an aromatic ring is 1. The Bertz CT molecular complexity index is 596. The molecule has 0 amide bonds. The number of aryl methyl sites for hydroxylation is 1. The van der Waals surface area contributed by atoms with E-state index in [0.717, 1.165) is 25.4 Å². The molecule has 3 nitrogen and oxygen atoms in total. The van der Waals surface area contributed by atoms with Gasteiger partial charge in [0.05, 0.1) is 12.8 Å². The van der Waals surface area contributed by atoms with Crippen molar-refractivity contribution in [2.24, 2.45) is 0 Å². The molecule has 0 aromatic heterocycles. The average Bonchev–Trinajstić information content (AvgIpc) is 2.49. The summed E-state index contributed by atoms with van der Waals surface area (Å²) in [6.45, 7) is 7.19. The van der Waals surface area contributed by atoms with Crippen LogP contribution in [0.3, 0.4) is 0 Å². The van der Waals surface area contributed by atoms with Crippen molar-refractivity contribution in [1.82, 2.24) is 4.90 Å². The van der Waals surface area contributed by atoms with Crippen LogP contribution in [-0.4, -0.2) is 18.6 Å². The molecule has 0 saturated carbocycles. The van der Waals surface area contributed by atoms with E-state index in [0.29, 0.717) is 5.69 Å². The van der Waals surface area contributed by atoms with Crippen molar-refractivity contribution in [3.8, 4) is 5.75 Å². The second-order valence-corrected chi connectivity index (χ2v) is 5.31. The number of methoxy groups -OCH3 is 1. The Morgan fingerprint density at radius 1 is 1.10 bits per heavy atom. The van der Waals surface area contributed by atoms with Crippen molar-refractivity contribution in [3.05, 3.63) is 59.2 Å². The lowest BCUT2D eigenvalue weighted by Gasteiger charge is -2.22. The number of nitrogens with zero attached hydrogens (tertiary/aromatic N) is 1. The highest BCUT2D eigenvalue weighted by atomic mass is 16.5. The summed E-state index contributed by atoms with van der Waals surface area (Å²) >= 11 is 0. The van der Waals surface area contributed by atoms with Gasteiger partial charge in [-0.25, -0.2) is 0 Å². The van der Waals surface area contributed by atoms with Crippen LogP contribution in [0.5, 0.6) is 5.75 Å². The number of rotatable bonds is 6. The Morgan fingerprint density at radius 3 is 2.48 bits per heavy atom. The summed E-state index contributed by atoms with van der Waals surface area (Å²) in [7, 11) is 1.64. The first kappa shape index (κ1) is 15.4. The molecule has 2 N–H and O–H groups in total. The van der Waals surface area contributed by atoms with Crippen LogP contribution in [0, 0.1) is 6.92 Å². The monoisotopic (exact) mass is 284 g/mol. The SMILES string of the molecule is CCN(Cc1ccc(OC)c(N)c1)Cc1ccccc1C. The van der Waals surface area contributed by atoms with Gasteiger partial charge in [-0.15, -0.1) is 0 Å². The molecule has 2 aromatic rings. The van der Waals surface area contributed by atoms with E-state index >= 15 is 0 Å². The highest BCUT2D eigenvalue weighted by molar-refractivity contribution is 5.54. The largest absolute Gasteiger partial charge is 0.495 e. The smallest absolute Gasteiger partial charge is 0.141 e. The lowest BCUT2D eigenvalue weighted by molar-refractivity contribution is 0.271. The zero-order chi connectivity index (χ0) is 15.2. The molecule has 0 heterocycles. The van der Waals surface area contributed by atoms with Gasteiger partial charge in [-0.1, -0.05) is 37.3 Å². The van der Waals surface area contributed by atoms with Crippen LogP contribution in [0.25, 0.3) is 0 Å². The van der Waals surface area contributed by atoms with E-state index in [9.17, 15) is 0 Å². The Kier molecular flexibility index (Phi) is 5.23. The summed E-state index contributed by atoms with van der Waals surface area (Å²) in [4.78, 5) is 2.41. The molecule has 0 radical (unpaired) electrons. The Labute approximate surface area is 127 Å². The number of hydrogen-bond acceptors (Lipinski definition) is 3. The zero-order valence-corrected chi connectivity index (χ0v) is 13.1. The zero-order valence-electron chi connectivity index (χ0n) is 13.1. The van der Waals surface area contributed by atoms with E-state index in [-0.39, 0.29) is 0 Å². The average molecular weight is 284 g/mol. The third-order valence-corrected chi connectivity index (χ3v) is 3.80. The summed E-state index contributed by atoms with van der Waals surface area (Å²) in [6.07, 6.45) is 0. The molecule has 3 heteroatoms. The molecule has 0 aliphatic carbocycles. The predicted molar refractivity (Wildman–Crippen MR) is 88.4 cm³/mol. The van der Waals surface area contributed by atoms with Crippen molar-refractivity contribution in [3.63, 3.8) is 0 Å². The third-order valence-electron chi connectivity index (χ3n) is 3.80. The number of ether oxygens (including phenoxy) is 1. The maximum Gasteiger partial charge on any atom is 0.141 e. The first-order valence-electron chi connectivity index (χ1n) is 7.33. The fraction of sp³-hybridized carbons (Fsp3) is 0.333. The molecule has 112 valence electrons. The number of anilines is 1. The maximum absolute atomic E-state index is 5.98. The van der Waals surface area contributed by atoms with Crippen LogP contribution in [-0.2, 0) is 13.1 Å². The van der Waals surface area contributed by atoms with Crippen LogP contribution in [0.2, 0.25) is 0 Å². The topological polar surface area (TPSA) is 38.5 Å². The van der Waals surface area contributed by atoms with E-state index < -0.39 is 0 Å². The summed E-state index contributed by atoms with van der Waals surface area (Å²) in [5.74, 6) is 0.737. The van der Waals surface area contributed by atoms with Gasteiger partial charge in [-0.3, -0.25) is 4.90 Å². The van der Waals surface area contributed by atoms with E-state index in [1.165, 1.54) is 16.7 Å². The van der Waals surface area contributed by atoms with Crippen molar-refractivity contribution in [2.45, 2.75) is 26.9 Å². The minimum absolute atomic E-state index is 0.696. The van der Waals surface area contributed by atoms with Crippen LogP contribution >= 0.6 is 0 Å². The molecule has 0 fully saturated rings. The van der Waals surface area contributed by atoms with Crippen molar-refractivity contribution in [1.29, 1.82) is 0 Å². The van der Waals surface area contributed by atoms with Gasteiger partial charge in [0.25, 0.3) is 0 Å². The van der Waals surface area contributed by atoms with Crippen molar-refractivity contribution >= 4 is 5.69 Å². The number of nitrogens with two attached hydrogens (primary N) is 1. The van der Waals surface area contributed by atoms with Crippen LogP contribution in [0.15, 0.2) is 42.5 Å². The van der Waals surface area contributed by atoms with Gasteiger partial charge in [0.15, 0.2) is 0 Å². The molecule has 0 atom stereocenters. The second kappa shape index (κ2) is 7.14. The standard InChI is InChI=1S/C18H24N2O/c1-4-20(13-16-8-6-5-7-14(16)2)12-15-9-10-18(21-3)17(19)11-15/h5-11H,4,12-13,19H2,1-3H3. The molecule has 0 saturated heterocycles. The van der Waals surface area contributed by atoms with Gasteiger partial charge in [-0.05, 0) is 42.3 Å². The van der Waals surface area contributed by atoms with E-state index in [2.05, 4.69) is 49.1 Å². The first-order valence-corrected chi connectivity index (χ1v) is 7.33. The third kappa shape index (κ3) is 3.99. The Morgan fingerprint density at radius 2 is 1.86 bits per heavy atom. The quantitative estimate of drug-likeness (QED) is 0.824. The Balaban J connectivity index is 2.09. The van der Waals surface area contributed by atoms with E-state index in [4.69, 9.17) is 10.5 Å². The van der Waals surface area contributed by atoms with Crippen molar-refractivity contribution < 1.29 is 4.74 Å². The molecule has 0 unspecified atom stereocenters. The molecule has 0 spiro atoms. The van der Waals surface area contributed by atoms with Gasteiger partial charge in [0.2, 0.25) is 0 Å². The molecule has 0 aliphatic rings. The van der Waals surface area contributed by atoms with Crippen LogP contribution in [0.1, 0.15) is 23.6 Å². The predicted octanol–water partition coefficient (Wildman–Crippen LogP) is 3.61. The molecule has 2 aromatic carbocycles. The number of hydrogen-bond donors (Lipinski definition) is 1. The first-order chi connectivity index (χ1) is 10.1. The van der Waals surface area contributed by atoms with Crippen molar-refractivity contribution in [2.75, 3.05) is 19.4 Å². The molecule has 0 aliphatic heterocycles. The minimum Gasteiger partial charge on any atom is -0.495 e. The summed E-state index contributed by atoms with van der Waals surface area (Å²) < 4.78 is 5.20. The van der Waals surface area contributed by atoms with Gasteiger partial charge in [-0.2, -0.15) is 0 Å². The van der Waals surface area contributed by atoms with E-state index in [1.807, 2.05) is 12.1 Å². The Hall–Kier alpha value is -2.00. The van der Waals surface area contributed by atoms with Gasteiger partial charge in [0.1, 0.15) is 5.75 Å². The lowest BCUT2D eigenvalue weighted by Crippen LogP contribution is -2.22.